The fourth-order valence-electron chi connectivity index (χ4n) is 5.18. The molecule has 134 valence electrons. The van der Waals surface area contributed by atoms with Gasteiger partial charge in [-0.05, 0) is 0 Å². The summed E-state index contributed by atoms with van der Waals surface area (Å²) in [4.78, 5) is 14.3. The van der Waals surface area contributed by atoms with Crippen molar-refractivity contribution >= 4 is 5.97 Å². The molecule has 0 radical (unpaired) electrons. The first-order valence-corrected chi connectivity index (χ1v) is 14.3. The molecule has 6 heteroatoms. The number of nitrogens with one attached hydrogen (secondary N) is 1. The van der Waals surface area contributed by atoms with Crippen LogP contribution in [0.5, 0.6) is 0 Å². The van der Waals surface area contributed by atoms with Gasteiger partial charge in [0.15, 0.2) is 0 Å². The monoisotopic (exact) mass is 547 g/mol. The number of fused-ring (bicyclic) bond motifs is 1. The van der Waals surface area contributed by atoms with Gasteiger partial charge in [0.1, 0.15) is 0 Å². The molecule has 0 aromatic heterocycles. The van der Waals surface area contributed by atoms with E-state index in [1.165, 1.54) is 25.7 Å². The van der Waals surface area contributed by atoms with Gasteiger partial charge in [-0.2, -0.15) is 0 Å². The second-order valence-corrected chi connectivity index (χ2v) is 13.4. The van der Waals surface area contributed by atoms with Crippen molar-refractivity contribution in [2.75, 3.05) is 18.3 Å². The van der Waals surface area contributed by atoms with Gasteiger partial charge >= 0.3 is 161 Å². The predicted molar refractivity (Wildman–Crippen MR) is 78.7 cm³/mol. The van der Waals surface area contributed by atoms with Gasteiger partial charge in [0, 0.05) is 0 Å². The van der Waals surface area contributed by atoms with Crippen molar-refractivity contribution < 1.29 is 57.0 Å². The third-order valence-electron chi connectivity index (χ3n) is 7.00. The molecule has 1 N–H and O–H groups in total. The normalized spacial score (nSPS) is 48.3. The van der Waals surface area contributed by atoms with Crippen LogP contribution in [0.15, 0.2) is 0 Å². The van der Waals surface area contributed by atoms with E-state index in [0.717, 1.165) is 29.8 Å². The fraction of sp³-hybridized carbons (Fsp3) is 0.941. The van der Waals surface area contributed by atoms with Crippen molar-refractivity contribution in [1.29, 1.82) is 0 Å². The molecule has 3 aliphatic carbocycles. The van der Waals surface area contributed by atoms with Crippen molar-refractivity contribution in [3.05, 3.63) is 0 Å². The quantitative estimate of drug-likeness (QED) is 0.0517. The zero-order valence-corrected chi connectivity index (χ0v) is 18.4. The second-order valence-electron chi connectivity index (χ2n) is 8.18. The SMILES string of the molecule is C[I-]C(C(=O)OCOCC1(C)C(C)CC23CC2CC1C3)C1N[I-]1. The number of hydrogen-bond donors (Lipinski definition) is 1. The van der Waals surface area contributed by atoms with Gasteiger partial charge in [-0.15, -0.1) is 0 Å². The van der Waals surface area contributed by atoms with Crippen LogP contribution in [0.4, 0.5) is 0 Å². The Labute approximate surface area is 160 Å². The molecule has 1 saturated heterocycles. The average Bonchev–Trinajstić information content (AvgIpc) is 3.43. The first kappa shape index (κ1) is 17.3. The van der Waals surface area contributed by atoms with Gasteiger partial charge in [0.2, 0.25) is 0 Å². The molecule has 1 spiro atoms. The molecule has 0 aromatic carbocycles. The molecule has 2 bridgehead atoms. The van der Waals surface area contributed by atoms with Crippen LogP contribution in [0.25, 0.3) is 0 Å². The third kappa shape index (κ3) is 3.07. The second kappa shape index (κ2) is 6.23. The van der Waals surface area contributed by atoms with E-state index >= 15 is 0 Å². The van der Waals surface area contributed by atoms with E-state index in [4.69, 9.17) is 9.47 Å². The number of alkyl halides is 3. The van der Waals surface area contributed by atoms with Gasteiger partial charge in [0.05, 0.1) is 0 Å². The van der Waals surface area contributed by atoms with Gasteiger partial charge in [-0.1, -0.05) is 0 Å². The van der Waals surface area contributed by atoms with Crippen LogP contribution in [-0.4, -0.2) is 32.3 Å². The number of halogens is 2. The van der Waals surface area contributed by atoms with E-state index < -0.39 is 0 Å². The number of rotatable bonds is 7. The predicted octanol–water partition coefficient (Wildman–Crippen LogP) is -4.01. The topological polar surface area (TPSA) is 57.5 Å². The molecule has 4 nitrogen and oxygen atoms in total. The number of hydrogen-bond acceptors (Lipinski definition) is 4. The molecule has 0 aromatic rings. The van der Waals surface area contributed by atoms with Crippen LogP contribution in [0.3, 0.4) is 0 Å². The Hall–Kier alpha value is 0.850. The molecule has 23 heavy (non-hydrogen) atoms. The molecule has 0 amide bonds. The summed E-state index contributed by atoms with van der Waals surface area (Å²) >= 11 is -0.0201. The molecule has 4 fully saturated rings. The number of esters is 1. The Bertz CT molecular complexity index is 500. The summed E-state index contributed by atoms with van der Waals surface area (Å²) in [5.41, 5.74) is 1.00. The van der Waals surface area contributed by atoms with Gasteiger partial charge in [0.25, 0.3) is 0 Å². The van der Waals surface area contributed by atoms with Crippen LogP contribution < -0.4 is 46.2 Å². The van der Waals surface area contributed by atoms with E-state index in [1.807, 2.05) is 0 Å². The van der Waals surface area contributed by atoms with Crippen LogP contribution in [0.1, 0.15) is 39.5 Å². The fourth-order valence-corrected chi connectivity index (χ4v) is 11.3. The molecule has 7 unspecified atom stereocenters. The minimum absolute atomic E-state index is 0.0297. The Morgan fingerprint density at radius 1 is 1.39 bits per heavy atom. The Morgan fingerprint density at radius 2 is 2.13 bits per heavy atom. The summed E-state index contributed by atoms with van der Waals surface area (Å²) in [6.45, 7) is 5.70. The summed E-state index contributed by atoms with van der Waals surface area (Å²) < 4.78 is 15.3. The van der Waals surface area contributed by atoms with Crippen molar-refractivity contribution in [3.63, 3.8) is 0 Å². The molecule has 3 saturated carbocycles. The number of ether oxygens (including phenoxy) is 2. The summed E-state index contributed by atoms with van der Waals surface area (Å²) in [5, 5.41) is 0. The molecular weight excluding hydrogens is 520 g/mol. The summed E-state index contributed by atoms with van der Waals surface area (Å²) in [7, 11) is 0. The maximum atomic E-state index is 12.1. The average molecular weight is 547 g/mol. The van der Waals surface area contributed by atoms with E-state index in [2.05, 4.69) is 22.3 Å². The van der Waals surface area contributed by atoms with Gasteiger partial charge in [-0.3, -0.25) is 0 Å². The molecule has 7 atom stereocenters. The number of carbonyl (C=O) groups is 1. The standard InChI is InChI=1S/C17H27I2NO3/c1-10-5-17-6-11(4-12(17)7-17)16(10,2)8-22-9-23-15(21)13(18-3)14-19-20-14/h10-14,20H,4-9H2,1-3H3/q-2. The zero-order chi connectivity index (χ0) is 16.2. The number of carbonyl (C=O) groups excluding carboxylic acids is 1. The van der Waals surface area contributed by atoms with Crippen LogP contribution in [-0.2, 0) is 14.3 Å². The van der Waals surface area contributed by atoms with E-state index in [0.29, 0.717) is 4.05 Å². The van der Waals surface area contributed by atoms with Gasteiger partial charge in [-0.25, -0.2) is 0 Å². The zero-order valence-electron chi connectivity index (χ0n) is 14.1. The molecule has 1 heterocycles. The van der Waals surface area contributed by atoms with Crippen molar-refractivity contribution in [1.82, 2.24) is 3.53 Å². The van der Waals surface area contributed by atoms with Crippen molar-refractivity contribution in [3.8, 4) is 0 Å². The van der Waals surface area contributed by atoms with Gasteiger partial charge < -0.3 is 0 Å². The van der Waals surface area contributed by atoms with Crippen LogP contribution in [0, 0.1) is 28.6 Å². The van der Waals surface area contributed by atoms with Crippen LogP contribution >= 0.6 is 0 Å². The maximum absolute atomic E-state index is 12.1. The summed E-state index contributed by atoms with van der Waals surface area (Å²) in [5.74, 6) is 2.52. The van der Waals surface area contributed by atoms with E-state index in [-0.39, 0.29) is 64.8 Å². The first-order valence-electron chi connectivity index (χ1n) is 8.59. The van der Waals surface area contributed by atoms with E-state index in [1.54, 1.807) is 0 Å². The summed E-state index contributed by atoms with van der Waals surface area (Å²) in [6, 6.07) is 0. The van der Waals surface area contributed by atoms with Crippen LogP contribution in [0.2, 0.25) is 0 Å². The van der Waals surface area contributed by atoms with Crippen molar-refractivity contribution in [2.24, 2.45) is 28.6 Å². The molecular formula is C17H27I2NO3-2. The molecule has 4 rings (SSSR count). The summed E-state index contributed by atoms with van der Waals surface area (Å²) in [6.07, 6.45) is 5.69. The first-order chi connectivity index (χ1) is 11.0. The molecule has 4 aliphatic rings. The Morgan fingerprint density at radius 3 is 2.83 bits per heavy atom. The minimum atomic E-state index is -0.100. The van der Waals surface area contributed by atoms with E-state index in [9.17, 15) is 4.79 Å². The third-order valence-corrected chi connectivity index (χ3v) is 13.0. The van der Waals surface area contributed by atoms with Crippen molar-refractivity contribution in [2.45, 2.75) is 47.5 Å². The Kier molecular flexibility index (Phi) is 4.68. The Balaban J connectivity index is 1.25. The molecule has 1 aliphatic heterocycles.